The molecule has 2 heterocycles. The molecule has 2 aliphatic heterocycles. The molecule has 0 bridgehead atoms. The van der Waals surface area contributed by atoms with Gasteiger partial charge in [0.15, 0.2) is 5.96 Å². The summed E-state index contributed by atoms with van der Waals surface area (Å²) in [6.45, 7) is 10.9. The van der Waals surface area contributed by atoms with E-state index in [1.807, 2.05) is 7.05 Å². The molecule has 2 N–H and O–H groups in total. The number of benzene rings is 1. The molecule has 2 fully saturated rings. The fourth-order valence-electron chi connectivity index (χ4n) is 4.84. The maximum atomic E-state index is 6.04. The number of nitrogens with one attached hydrogen (secondary N) is 2. The Kier molecular flexibility index (Phi) is 9.43. The molecule has 3 unspecified atom stereocenters. The van der Waals surface area contributed by atoms with Gasteiger partial charge in [-0.2, -0.15) is 0 Å². The lowest BCUT2D eigenvalue weighted by Crippen LogP contribution is -2.53. The molecule has 1 aromatic rings. The van der Waals surface area contributed by atoms with Crippen LogP contribution in [0.2, 0.25) is 0 Å². The molecule has 0 aliphatic carbocycles. The summed E-state index contributed by atoms with van der Waals surface area (Å²) in [6, 6.07) is 11.1. The van der Waals surface area contributed by atoms with Gasteiger partial charge < -0.3 is 20.1 Å². The molecule has 168 valence electrons. The molecule has 6 nitrogen and oxygen atoms in total. The monoisotopic (exact) mass is 416 g/mol. The third kappa shape index (κ3) is 6.19. The SMILES string of the molecule is CCC(CC)C(CNC(=NC)NCC1CCOC1c1ccccc1)N1CCOCC1. The lowest BCUT2D eigenvalue weighted by molar-refractivity contribution is 0.00271. The number of ether oxygens (including phenoxy) is 2. The Morgan fingerprint density at radius 1 is 1.10 bits per heavy atom. The summed E-state index contributed by atoms with van der Waals surface area (Å²) in [5, 5.41) is 7.17. The van der Waals surface area contributed by atoms with Crippen LogP contribution in [0.5, 0.6) is 0 Å². The first-order valence-electron chi connectivity index (χ1n) is 11.7. The molecule has 0 radical (unpaired) electrons. The Hall–Kier alpha value is -1.63. The quantitative estimate of drug-likeness (QED) is 0.479. The molecular formula is C24H40N4O2. The van der Waals surface area contributed by atoms with Crippen LogP contribution in [0, 0.1) is 11.8 Å². The van der Waals surface area contributed by atoms with Gasteiger partial charge in [-0.1, -0.05) is 57.0 Å². The van der Waals surface area contributed by atoms with E-state index in [0.717, 1.165) is 58.4 Å². The third-order valence-corrected chi connectivity index (χ3v) is 6.68. The van der Waals surface area contributed by atoms with Crippen LogP contribution < -0.4 is 10.6 Å². The van der Waals surface area contributed by atoms with Crippen molar-refractivity contribution in [2.45, 2.75) is 45.3 Å². The van der Waals surface area contributed by atoms with Gasteiger partial charge in [-0.25, -0.2) is 0 Å². The summed E-state index contributed by atoms with van der Waals surface area (Å²) >= 11 is 0. The standard InChI is InChI=1S/C24H40N4O2/c1-4-19(5-2)22(28-12-15-29-16-13-28)18-27-24(25-3)26-17-21-11-14-30-23(21)20-9-7-6-8-10-20/h6-10,19,21-23H,4-5,11-18H2,1-3H3,(H2,25,26,27). The van der Waals surface area contributed by atoms with Crippen LogP contribution in [0.4, 0.5) is 0 Å². The summed E-state index contributed by atoms with van der Waals surface area (Å²) in [6.07, 6.45) is 3.64. The van der Waals surface area contributed by atoms with E-state index < -0.39 is 0 Å². The first kappa shape index (κ1) is 23.0. The Bertz CT molecular complexity index is 629. The highest BCUT2D eigenvalue weighted by Gasteiger charge is 2.30. The molecule has 0 amide bonds. The van der Waals surface area contributed by atoms with Crippen molar-refractivity contribution in [1.82, 2.24) is 15.5 Å². The van der Waals surface area contributed by atoms with E-state index >= 15 is 0 Å². The van der Waals surface area contributed by atoms with Crippen LogP contribution >= 0.6 is 0 Å². The minimum Gasteiger partial charge on any atom is -0.379 e. The van der Waals surface area contributed by atoms with Crippen molar-refractivity contribution in [2.75, 3.05) is 53.0 Å². The zero-order valence-corrected chi connectivity index (χ0v) is 19.0. The molecule has 2 saturated heterocycles. The van der Waals surface area contributed by atoms with Crippen LogP contribution in [0.25, 0.3) is 0 Å². The topological polar surface area (TPSA) is 58.1 Å². The minimum absolute atomic E-state index is 0.169. The fraction of sp³-hybridized carbons (Fsp3) is 0.708. The van der Waals surface area contributed by atoms with E-state index in [1.54, 1.807) is 0 Å². The highest BCUT2D eigenvalue weighted by molar-refractivity contribution is 5.79. The maximum Gasteiger partial charge on any atom is 0.191 e. The predicted molar refractivity (Wildman–Crippen MR) is 123 cm³/mol. The van der Waals surface area contributed by atoms with Gasteiger partial charge in [-0.05, 0) is 17.9 Å². The van der Waals surface area contributed by atoms with Gasteiger partial charge in [-0.15, -0.1) is 0 Å². The van der Waals surface area contributed by atoms with E-state index in [1.165, 1.54) is 18.4 Å². The lowest BCUT2D eigenvalue weighted by Gasteiger charge is -2.39. The van der Waals surface area contributed by atoms with Crippen LogP contribution in [-0.2, 0) is 9.47 Å². The Morgan fingerprint density at radius 2 is 1.83 bits per heavy atom. The molecule has 0 aromatic heterocycles. The van der Waals surface area contributed by atoms with Crippen molar-refractivity contribution < 1.29 is 9.47 Å². The van der Waals surface area contributed by atoms with Gasteiger partial charge >= 0.3 is 0 Å². The zero-order valence-electron chi connectivity index (χ0n) is 19.0. The van der Waals surface area contributed by atoms with Crippen LogP contribution in [0.15, 0.2) is 35.3 Å². The molecule has 0 saturated carbocycles. The maximum absolute atomic E-state index is 6.04. The normalized spacial score (nSPS) is 24.2. The van der Waals surface area contributed by atoms with E-state index in [-0.39, 0.29) is 6.10 Å². The minimum atomic E-state index is 0.169. The molecule has 30 heavy (non-hydrogen) atoms. The van der Waals surface area contributed by atoms with Crippen LogP contribution in [-0.4, -0.2) is 69.9 Å². The number of rotatable bonds is 9. The fourth-order valence-corrected chi connectivity index (χ4v) is 4.84. The molecule has 3 atom stereocenters. The van der Waals surface area contributed by atoms with Crippen molar-refractivity contribution in [3.63, 3.8) is 0 Å². The number of morpholine rings is 1. The van der Waals surface area contributed by atoms with Gasteiger partial charge in [0.1, 0.15) is 0 Å². The average Bonchev–Trinajstić information content (AvgIpc) is 3.28. The summed E-state index contributed by atoms with van der Waals surface area (Å²) in [5.74, 6) is 2.03. The Labute approximate surface area is 182 Å². The van der Waals surface area contributed by atoms with Crippen molar-refractivity contribution in [2.24, 2.45) is 16.8 Å². The third-order valence-electron chi connectivity index (χ3n) is 6.68. The van der Waals surface area contributed by atoms with Crippen LogP contribution in [0.3, 0.4) is 0 Å². The molecular weight excluding hydrogens is 376 g/mol. The zero-order chi connectivity index (χ0) is 21.2. The summed E-state index contributed by atoms with van der Waals surface area (Å²) < 4.78 is 11.6. The van der Waals surface area contributed by atoms with Gasteiger partial charge in [0, 0.05) is 51.8 Å². The summed E-state index contributed by atoms with van der Waals surface area (Å²) in [7, 11) is 1.86. The second-order valence-electron chi connectivity index (χ2n) is 8.38. The number of aliphatic imine (C=N–C) groups is 1. The summed E-state index contributed by atoms with van der Waals surface area (Å²) in [4.78, 5) is 7.08. The second-order valence-corrected chi connectivity index (χ2v) is 8.38. The molecule has 2 aliphatic rings. The molecule has 1 aromatic carbocycles. The van der Waals surface area contributed by atoms with Gasteiger partial charge in [0.2, 0.25) is 0 Å². The smallest absolute Gasteiger partial charge is 0.191 e. The van der Waals surface area contributed by atoms with Crippen LogP contribution in [0.1, 0.15) is 44.8 Å². The molecule has 6 heteroatoms. The van der Waals surface area contributed by atoms with E-state index in [2.05, 4.69) is 64.7 Å². The number of nitrogens with zero attached hydrogens (tertiary/aromatic N) is 2. The lowest BCUT2D eigenvalue weighted by atomic mass is 9.92. The van der Waals surface area contributed by atoms with Gasteiger partial charge in [0.05, 0.1) is 19.3 Å². The van der Waals surface area contributed by atoms with Crippen molar-refractivity contribution in [3.05, 3.63) is 35.9 Å². The number of hydrogen-bond acceptors (Lipinski definition) is 4. The van der Waals surface area contributed by atoms with Crippen molar-refractivity contribution in [3.8, 4) is 0 Å². The molecule has 0 spiro atoms. The first-order chi connectivity index (χ1) is 14.8. The molecule has 3 rings (SSSR count). The van der Waals surface area contributed by atoms with E-state index in [9.17, 15) is 0 Å². The highest BCUT2D eigenvalue weighted by atomic mass is 16.5. The van der Waals surface area contributed by atoms with Gasteiger partial charge in [0.25, 0.3) is 0 Å². The number of hydrogen-bond donors (Lipinski definition) is 2. The van der Waals surface area contributed by atoms with E-state index in [0.29, 0.717) is 17.9 Å². The number of guanidine groups is 1. The largest absolute Gasteiger partial charge is 0.379 e. The second kappa shape index (κ2) is 12.3. The predicted octanol–water partition coefficient (Wildman–Crippen LogP) is 3.07. The van der Waals surface area contributed by atoms with Crippen molar-refractivity contribution >= 4 is 5.96 Å². The summed E-state index contributed by atoms with van der Waals surface area (Å²) in [5.41, 5.74) is 1.27. The first-order valence-corrected chi connectivity index (χ1v) is 11.7. The Morgan fingerprint density at radius 3 is 2.50 bits per heavy atom. The Balaban J connectivity index is 1.53. The average molecular weight is 417 g/mol. The van der Waals surface area contributed by atoms with E-state index in [4.69, 9.17) is 9.47 Å². The highest BCUT2D eigenvalue weighted by Crippen LogP contribution is 2.33. The van der Waals surface area contributed by atoms with Gasteiger partial charge in [-0.3, -0.25) is 9.89 Å². The van der Waals surface area contributed by atoms with Crippen molar-refractivity contribution in [1.29, 1.82) is 0 Å².